The Morgan fingerprint density at radius 1 is 0.971 bits per heavy atom. The number of nitrogens with zero attached hydrogens (tertiary/aromatic N) is 1. The second kappa shape index (κ2) is 9.76. The van der Waals surface area contributed by atoms with Gasteiger partial charge < -0.3 is 14.6 Å². The van der Waals surface area contributed by atoms with Crippen molar-refractivity contribution in [3.8, 4) is 11.1 Å². The van der Waals surface area contributed by atoms with Gasteiger partial charge in [-0.05, 0) is 55.5 Å². The summed E-state index contributed by atoms with van der Waals surface area (Å²) in [6.07, 6.45) is -1.12. The first kappa shape index (κ1) is 24.2. The van der Waals surface area contributed by atoms with Crippen LogP contribution in [0.2, 0.25) is 5.02 Å². The molecule has 7 heteroatoms. The first-order valence-corrected chi connectivity index (χ1v) is 11.5. The molecule has 0 bridgehead atoms. The van der Waals surface area contributed by atoms with Crippen molar-refractivity contribution in [2.45, 2.75) is 26.9 Å². The first-order chi connectivity index (χ1) is 16.7. The average Bonchev–Trinajstić information content (AvgIpc) is 2.84. The first-order valence-electron chi connectivity index (χ1n) is 11.1. The number of aryl methyl sites for hydroxylation is 2. The lowest BCUT2D eigenvalue weighted by Gasteiger charge is -2.19. The summed E-state index contributed by atoms with van der Waals surface area (Å²) in [5, 5.41) is 4.35. The molecule has 0 fully saturated rings. The molecule has 6 nitrogen and oxygen atoms in total. The fourth-order valence-electron chi connectivity index (χ4n) is 3.95. The second-order valence-corrected chi connectivity index (χ2v) is 8.93. The topological polar surface area (TPSA) is 77.4 Å². The van der Waals surface area contributed by atoms with Gasteiger partial charge in [-0.2, -0.15) is 0 Å². The van der Waals surface area contributed by atoms with Gasteiger partial charge in [0.25, 0.3) is 11.5 Å². The van der Waals surface area contributed by atoms with E-state index in [2.05, 4.69) is 5.32 Å². The third-order valence-corrected chi connectivity index (χ3v) is 6.18. The number of fused-ring (bicyclic) bond motifs is 1. The maximum atomic E-state index is 13.4. The van der Waals surface area contributed by atoms with E-state index in [0.717, 1.165) is 16.7 Å². The Bertz CT molecular complexity index is 1510. The molecule has 0 aliphatic carbocycles. The second-order valence-electron chi connectivity index (χ2n) is 8.50. The lowest BCUT2D eigenvalue weighted by atomic mass is 9.96. The van der Waals surface area contributed by atoms with E-state index in [9.17, 15) is 14.4 Å². The fourth-order valence-corrected chi connectivity index (χ4v) is 4.12. The van der Waals surface area contributed by atoms with Gasteiger partial charge in [0.2, 0.25) is 0 Å². The SMILES string of the molecule is Cc1ccc(-c2c(C(=O)OC(C)C(=O)Nc3cc(Cl)ccc3C)n(C)c(=O)c3ccccc23)cc1. The van der Waals surface area contributed by atoms with Gasteiger partial charge in [-0.1, -0.05) is 65.7 Å². The van der Waals surface area contributed by atoms with Gasteiger partial charge in [0.15, 0.2) is 6.10 Å². The molecular weight excluding hydrogens is 464 g/mol. The Kier molecular flexibility index (Phi) is 6.76. The summed E-state index contributed by atoms with van der Waals surface area (Å²) in [4.78, 5) is 39.3. The number of benzene rings is 3. The number of aromatic nitrogens is 1. The van der Waals surface area contributed by atoms with E-state index in [1.807, 2.05) is 44.2 Å². The summed E-state index contributed by atoms with van der Waals surface area (Å²) < 4.78 is 6.85. The number of nitrogens with one attached hydrogen (secondary N) is 1. The number of carbonyl (C=O) groups excluding carboxylic acids is 2. The van der Waals surface area contributed by atoms with E-state index in [1.54, 1.807) is 36.4 Å². The molecule has 178 valence electrons. The number of esters is 1. The molecule has 1 N–H and O–H groups in total. The zero-order valence-electron chi connectivity index (χ0n) is 19.9. The van der Waals surface area contributed by atoms with Crippen molar-refractivity contribution in [3.63, 3.8) is 0 Å². The van der Waals surface area contributed by atoms with Crippen molar-refractivity contribution in [3.05, 3.63) is 98.9 Å². The third-order valence-electron chi connectivity index (χ3n) is 5.95. The predicted molar refractivity (Wildman–Crippen MR) is 139 cm³/mol. The number of hydrogen-bond acceptors (Lipinski definition) is 4. The summed E-state index contributed by atoms with van der Waals surface area (Å²) in [6, 6.07) is 20.0. The molecule has 0 saturated carbocycles. The predicted octanol–water partition coefficient (Wildman–Crippen LogP) is 5.66. The summed E-state index contributed by atoms with van der Waals surface area (Å²) in [5.41, 5.74) is 3.51. The standard InChI is InChI=1S/C28H25ClN2O4/c1-16-9-12-19(13-10-16)24-21-7-5-6-8-22(21)27(33)31(4)25(24)28(34)35-18(3)26(32)30-23-15-20(29)14-11-17(23)2/h5-15,18H,1-4H3,(H,30,32). The Hall–Kier alpha value is -3.90. The number of halogens is 1. The molecule has 4 aromatic rings. The number of hydrogen-bond donors (Lipinski definition) is 1. The molecule has 1 aromatic heterocycles. The number of anilines is 1. The zero-order valence-corrected chi connectivity index (χ0v) is 20.6. The molecule has 0 saturated heterocycles. The highest BCUT2D eigenvalue weighted by molar-refractivity contribution is 6.31. The lowest BCUT2D eigenvalue weighted by molar-refractivity contribution is -0.123. The average molecular weight is 489 g/mol. The van der Waals surface area contributed by atoms with Gasteiger partial charge in [-0.25, -0.2) is 4.79 Å². The summed E-state index contributed by atoms with van der Waals surface area (Å²) >= 11 is 6.04. The minimum Gasteiger partial charge on any atom is -0.448 e. The maximum Gasteiger partial charge on any atom is 0.356 e. The van der Waals surface area contributed by atoms with Crippen LogP contribution in [0.25, 0.3) is 21.9 Å². The van der Waals surface area contributed by atoms with Crippen molar-refractivity contribution >= 4 is 39.9 Å². The number of rotatable bonds is 5. The largest absolute Gasteiger partial charge is 0.448 e. The van der Waals surface area contributed by atoms with E-state index in [-0.39, 0.29) is 11.3 Å². The van der Waals surface area contributed by atoms with Crippen molar-refractivity contribution in [2.75, 3.05) is 5.32 Å². The summed E-state index contributed by atoms with van der Waals surface area (Å²) in [6.45, 7) is 5.29. The fraction of sp³-hybridized carbons (Fsp3) is 0.179. The van der Waals surface area contributed by atoms with Crippen LogP contribution in [0, 0.1) is 13.8 Å². The van der Waals surface area contributed by atoms with Gasteiger partial charge in [0.1, 0.15) is 5.69 Å². The highest BCUT2D eigenvalue weighted by atomic mass is 35.5. The van der Waals surface area contributed by atoms with Crippen LogP contribution in [0.5, 0.6) is 0 Å². The Labute approximate surface area is 208 Å². The molecule has 1 amide bonds. The van der Waals surface area contributed by atoms with E-state index in [1.165, 1.54) is 18.5 Å². The zero-order chi connectivity index (χ0) is 25.3. The Morgan fingerprint density at radius 2 is 1.63 bits per heavy atom. The van der Waals surface area contributed by atoms with E-state index in [4.69, 9.17) is 16.3 Å². The molecule has 0 aliphatic rings. The maximum absolute atomic E-state index is 13.4. The van der Waals surface area contributed by atoms with Gasteiger partial charge in [-0.15, -0.1) is 0 Å². The van der Waals surface area contributed by atoms with E-state index < -0.39 is 18.0 Å². The smallest absolute Gasteiger partial charge is 0.356 e. The molecule has 0 radical (unpaired) electrons. The van der Waals surface area contributed by atoms with Crippen molar-refractivity contribution in [2.24, 2.45) is 7.05 Å². The van der Waals surface area contributed by atoms with Crippen LogP contribution >= 0.6 is 11.6 Å². The van der Waals surface area contributed by atoms with Crippen LogP contribution in [-0.4, -0.2) is 22.5 Å². The highest BCUT2D eigenvalue weighted by Gasteiger charge is 2.26. The molecule has 0 aliphatic heterocycles. The van der Waals surface area contributed by atoms with Crippen molar-refractivity contribution in [1.82, 2.24) is 4.57 Å². The number of ether oxygens (including phenoxy) is 1. The Morgan fingerprint density at radius 3 is 2.31 bits per heavy atom. The quantitative estimate of drug-likeness (QED) is 0.368. The number of amides is 1. The van der Waals surface area contributed by atoms with Crippen LogP contribution in [0.4, 0.5) is 5.69 Å². The third kappa shape index (κ3) is 4.84. The normalized spacial score (nSPS) is 11.8. The molecule has 1 unspecified atom stereocenters. The molecule has 4 rings (SSSR count). The monoisotopic (exact) mass is 488 g/mol. The van der Waals surface area contributed by atoms with Crippen molar-refractivity contribution < 1.29 is 14.3 Å². The van der Waals surface area contributed by atoms with E-state index >= 15 is 0 Å². The van der Waals surface area contributed by atoms with Crippen molar-refractivity contribution in [1.29, 1.82) is 0 Å². The Balaban J connectivity index is 1.74. The number of carbonyl (C=O) groups is 2. The highest BCUT2D eigenvalue weighted by Crippen LogP contribution is 2.31. The van der Waals surface area contributed by atoms with Gasteiger partial charge in [-0.3, -0.25) is 9.59 Å². The molecule has 0 spiro atoms. The van der Waals surface area contributed by atoms with Gasteiger partial charge in [0.05, 0.1) is 0 Å². The van der Waals surface area contributed by atoms with Crippen LogP contribution in [0.3, 0.4) is 0 Å². The van der Waals surface area contributed by atoms with Crippen LogP contribution in [0.15, 0.2) is 71.5 Å². The number of pyridine rings is 1. The molecule has 3 aromatic carbocycles. The van der Waals surface area contributed by atoms with Crippen LogP contribution < -0.4 is 10.9 Å². The molecule has 1 heterocycles. The van der Waals surface area contributed by atoms with Gasteiger partial charge in [0, 0.05) is 28.7 Å². The van der Waals surface area contributed by atoms with Crippen LogP contribution in [-0.2, 0) is 16.6 Å². The summed E-state index contributed by atoms with van der Waals surface area (Å²) in [7, 11) is 1.53. The minimum atomic E-state index is -1.12. The summed E-state index contributed by atoms with van der Waals surface area (Å²) in [5.74, 6) is -1.28. The molecular formula is C28H25ClN2O4. The molecule has 1 atom stereocenters. The minimum absolute atomic E-state index is 0.0798. The lowest BCUT2D eigenvalue weighted by Crippen LogP contribution is -2.33. The molecule has 35 heavy (non-hydrogen) atoms. The van der Waals surface area contributed by atoms with E-state index in [0.29, 0.717) is 27.0 Å². The van der Waals surface area contributed by atoms with Crippen LogP contribution in [0.1, 0.15) is 28.5 Å². The van der Waals surface area contributed by atoms with Gasteiger partial charge >= 0.3 is 5.97 Å².